The van der Waals surface area contributed by atoms with Gasteiger partial charge in [0.15, 0.2) is 0 Å². The van der Waals surface area contributed by atoms with Crippen LogP contribution in [0.3, 0.4) is 0 Å². The van der Waals surface area contributed by atoms with E-state index in [2.05, 4.69) is 36.3 Å². The molecule has 0 radical (unpaired) electrons. The molecule has 16 heavy (non-hydrogen) atoms. The molecule has 0 aliphatic heterocycles. The van der Waals surface area contributed by atoms with Gasteiger partial charge >= 0.3 is 28.4 Å². The zero-order valence-electron chi connectivity index (χ0n) is 9.58. The van der Waals surface area contributed by atoms with Crippen molar-refractivity contribution in [2.45, 2.75) is 13.8 Å². The summed E-state index contributed by atoms with van der Waals surface area (Å²) in [7, 11) is 0. The minimum Gasteiger partial charge on any atom is -1.00 e. The molecule has 0 heterocycles. The molecule has 0 nitrogen and oxygen atoms in total. The maximum atomic E-state index is 3.34. The minimum atomic E-state index is 0. The molecule has 0 N–H and O–H groups in total. The normalized spacial score (nSPS) is 7.00. The van der Waals surface area contributed by atoms with E-state index in [-0.39, 0.29) is 24.8 Å². The molecule has 0 saturated heterocycles. The van der Waals surface area contributed by atoms with Crippen LogP contribution in [0.4, 0.5) is 0 Å². The van der Waals surface area contributed by atoms with Gasteiger partial charge in [0, 0.05) is 0 Å². The van der Waals surface area contributed by atoms with Crippen LogP contribution in [0.1, 0.15) is 11.1 Å². The Bertz CT molecular complexity index is 279. The molecule has 0 amide bonds. The van der Waals surface area contributed by atoms with Crippen LogP contribution >= 0.6 is 0 Å². The predicted octanol–water partition coefficient (Wildman–Crippen LogP) is -2.60. The number of aryl methyl sites for hydroxylation is 2. The Morgan fingerprint density at radius 2 is 1.25 bits per heavy atom. The molecule has 0 unspecified atom stereocenters. The fraction of sp³-hybridized carbons (Fsp3) is 0.154. The minimum absolute atomic E-state index is 0. The summed E-state index contributed by atoms with van der Waals surface area (Å²) in [6, 6.07) is 16.3. The molecule has 0 aliphatic carbocycles. The van der Waals surface area contributed by atoms with Crippen LogP contribution in [0.2, 0.25) is 0 Å². The molecule has 2 rings (SSSR count). The van der Waals surface area contributed by atoms with E-state index in [1.807, 2.05) is 30.3 Å². The Kier molecular flexibility index (Phi) is 20.0. The largest absolute Gasteiger partial charge is 1.00 e. The van der Waals surface area contributed by atoms with Crippen molar-refractivity contribution in [2.75, 3.05) is 0 Å². The summed E-state index contributed by atoms with van der Waals surface area (Å²) in [4.78, 5) is 0. The summed E-state index contributed by atoms with van der Waals surface area (Å²) < 4.78 is 3.34. The van der Waals surface area contributed by atoms with Crippen LogP contribution in [-0.4, -0.2) is 4.21 Å². The average Bonchev–Trinajstić information content (AvgIpc) is 2.86. The van der Waals surface area contributed by atoms with Crippen molar-refractivity contribution in [1.82, 2.24) is 0 Å². The second-order valence-electron chi connectivity index (χ2n) is 2.85. The molecular formula is C13H16Cl2Zr-2. The number of hydrogen-bond acceptors (Lipinski definition) is 0. The SMILES string of the molecule is Cc1c[cH-]cc1C.[CH2]=[Zr+2].[Cl-].[Cl-].c1cc[cH-]c1. The quantitative estimate of drug-likeness (QED) is 0.464. The van der Waals surface area contributed by atoms with Gasteiger partial charge in [-0.25, -0.2) is 12.1 Å². The summed E-state index contributed by atoms with van der Waals surface area (Å²) in [5, 5.41) is 0. The molecule has 2 aromatic carbocycles. The van der Waals surface area contributed by atoms with Gasteiger partial charge in [-0.1, -0.05) is 13.8 Å². The Balaban J connectivity index is -0.000000169. The van der Waals surface area contributed by atoms with Gasteiger partial charge < -0.3 is 24.8 Å². The maximum absolute atomic E-state index is 3.34. The van der Waals surface area contributed by atoms with Gasteiger partial charge in [0.1, 0.15) is 0 Å². The van der Waals surface area contributed by atoms with Crippen molar-refractivity contribution in [1.29, 1.82) is 0 Å². The Morgan fingerprint density at radius 1 is 0.875 bits per heavy atom. The van der Waals surface area contributed by atoms with Gasteiger partial charge in [-0.15, -0.1) is 0 Å². The van der Waals surface area contributed by atoms with Gasteiger partial charge in [-0.3, -0.25) is 0 Å². The second-order valence-corrected chi connectivity index (χ2v) is 2.85. The molecule has 0 fully saturated rings. The Morgan fingerprint density at radius 3 is 1.38 bits per heavy atom. The predicted molar refractivity (Wildman–Crippen MR) is 60.7 cm³/mol. The summed E-state index contributed by atoms with van der Waals surface area (Å²) in [5.41, 5.74) is 2.78. The van der Waals surface area contributed by atoms with Gasteiger partial charge in [-0.2, -0.15) is 47.5 Å². The van der Waals surface area contributed by atoms with Gasteiger partial charge in [-0.05, 0) is 0 Å². The zero-order valence-corrected chi connectivity index (χ0v) is 13.6. The van der Waals surface area contributed by atoms with Crippen molar-refractivity contribution in [3.05, 3.63) is 59.7 Å². The fourth-order valence-corrected chi connectivity index (χ4v) is 0.920. The summed E-state index contributed by atoms with van der Waals surface area (Å²) in [6.07, 6.45) is 0. The van der Waals surface area contributed by atoms with E-state index in [1.54, 1.807) is 0 Å². The van der Waals surface area contributed by atoms with Gasteiger partial charge in [0.05, 0.1) is 0 Å². The number of halogens is 2. The molecule has 0 saturated carbocycles. The van der Waals surface area contributed by atoms with Crippen LogP contribution in [0.25, 0.3) is 0 Å². The average molecular weight is 334 g/mol. The first-order valence-corrected chi connectivity index (χ1v) is 6.25. The van der Waals surface area contributed by atoms with Gasteiger partial charge in [0.2, 0.25) is 0 Å². The first-order valence-electron chi connectivity index (χ1n) is 4.51. The molecule has 0 atom stereocenters. The van der Waals surface area contributed by atoms with Crippen molar-refractivity contribution >= 4 is 4.21 Å². The molecule has 0 bridgehead atoms. The van der Waals surface area contributed by atoms with Crippen LogP contribution in [-0.2, 0) is 24.2 Å². The maximum Gasteiger partial charge on any atom is -0.172 e. The monoisotopic (exact) mass is 332 g/mol. The number of rotatable bonds is 0. The molecule has 0 aliphatic rings. The van der Waals surface area contributed by atoms with Crippen molar-refractivity contribution in [2.24, 2.45) is 0 Å². The topological polar surface area (TPSA) is 0 Å². The van der Waals surface area contributed by atoms with Crippen molar-refractivity contribution < 1.29 is 49.0 Å². The first-order chi connectivity index (χ1) is 6.80. The fourth-order valence-electron chi connectivity index (χ4n) is 0.920. The Labute approximate surface area is 126 Å². The molecule has 0 aromatic heterocycles. The number of hydrogen-bond donors (Lipinski definition) is 0. The van der Waals surface area contributed by atoms with Crippen molar-refractivity contribution in [3.63, 3.8) is 0 Å². The summed E-state index contributed by atoms with van der Waals surface area (Å²) in [5.74, 6) is 0. The summed E-state index contributed by atoms with van der Waals surface area (Å²) in [6.45, 7) is 4.24. The zero-order chi connectivity index (χ0) is 10.8. The van der Waals surface area contributed by atoms with Gasteiger partial charge in [0.25, 0.3) is 0 Å². The third-order valence-corrected chi connectivity index (χ3v) is 1.87. The molecule has 88 valence electrons. The molecule has 2 aromatic rings. The standard InChI is InChI=1S/C7H9.C5H5.CH2.2ClH.Zr/c1-6-4-3-5-7(6)2;1-2-4-5-3-1;;;;/h3-5H,1-2H3;1-5H;1H2;2*1H;/q2*-1;;;;+2/p-2. The third-order valence-electron chi connectivity index (χ3n) is 1.87. The molecular weight excluding hydrogens is 318 g/mol. The van der Waals surface area contributed by atoms with E-state index >= 15 is 0 Å². The van der Waals surface area contributed by atoms with E-state index < -0.39 is 0 Å². The molecule has 0 spiro atoms. The van der Waals surface area contributed by atoms with E-state index in [0.29, 0.717) is 0 Å². The van der Waals surface area contributed by atoms with Crippen molar-refractivity contribution in [3.8, 4) is 0 Å². The van der Waals surface area contributed by atoms with E-state index in [9.17, 15) is 0 Å². The van der Waals surface area contributed by atoms with Crippen LogP contribution in [0.15, 0.2) is 48.5 Å². The van der Waals surface area contributed by atoms with Crippen LogP contribution in [0, 0.1) is 13.8 Å². The van der Waals surface area contributed by atoms with Crippen LogP contribution < -0.4 is 24.8 Å². The smallest absolute Gasteiger partial charge is 0.172 e. The first kappa shape index (κ1) is 21.3. The molecule has 3 heteroatoms. The third kappa shape index (κ3) is 10.5. The second kappa shape index (κ2) is 15.0. The van der Waals surface area contributed by atoms with E-state index in [0.717, 1.165) is 0 Å². The van der Waals surface area contributed by atoms with E-state index in [1.165, 1.54) is 35.4 Å². The summed E-state index contributed by atoms with van der Waals surface area (Å²) >= 11 is 1.30. The Hall–Kier alpha value is 0.0331. The van der Waals surface area contributed by atoms with Crippen LogP contribution in [0.5, 0.6) is 0 Å². The van der Waals surface area contributed by atoms with E-state index in [4.69, 9.17) is 0 Å².